The summed E-state index contributed by atoms with van der Waals surface area (Å²) in [6, 6.07) is 14.3. The van der Waals surface area contributed by atoms with Crippen LogP contribution < -0.4 is 5.56 Å². The molecule has 5 rings (SSSR count). The standard InChI is InChI=1S/C27H30N6O2/c1-4-19-7-9-20(10-8-19)16-33-25-23(30-31-33)26(34)29-24(28-25)21-11-13-32(14-12-21)27(35)22-15-17(2)5-6-18(22)3/h5-10,15,21H,4,11-14,16H2,1-3H3,(H,28,29,34). The maximum absolute atomic E-state index is 13.1. The topological polar surface area (TPSA) is 96.8 Å². The van der Waals surface area contributed by atoms with Crippen LogP contribution in [0.15, 0.2) is 47.3 Å². The highest BCUT2D eigenvalue weighted by atomic mass is 16.2. The summed E-state index contributed by atoms with van der Waals surface area (Å²) in [5, 5.41) is 8.27. The highest BCUT2D eigenvalue weighted by molar-refractivity contribution is 5.95. The Morgan fingerprint density at radius 3 is 2.49 bits per heavy atom. The molecule has 180 valence electrons. The Bertz CT molecular complexity index is 1430. The van der Waals surface area contributed by atoms with Crippen LogP contribution in [0, 0.1) is 13.8 Å². The van der Waals surface area contributed by atoms with Gasteiger partial charge < -0.3 is 9.88 Å². The number of fused-ring (bicyclic) bond motifs is 1. The van der Waals surface area contributed by atoms with Crippen LogP contribution in [0.1, 0.15) is 64.1 Å². The number of rotatable bonds is 5. The molecule has 0 unspecified atom stereocenters. The fourth-order valence-electron chi connectivity index (χ4n) is 4.73. The number of hydrogen-bond acceptors (Lipinski definition) is 5. The summed E-state index contributed by atoms with van der Waals surface area (Å²) in [6.07, 6.45) is 2.47. The third-order valence-corrected chi connectivity index (χ3v) is 6.95. The van der Waals surface area contributed by atoms with E-state index in [4.69, 9.17) is 4.98 Å². The lowest BCUT2D eigenvalue weighted by atomic mass is 9.94. The Balaban J connectivity index is 1.34. The third kappa shape index (κ3) is 4.60. The molecule has 0 bridgehead atoms. The zero-order chi connectivity index (χ0) is 24.5. The summed E-state index contributed by atoms with van der Waals surface area (Å²) < 4.78 is 1.69. The number of nitrogens with one attached hydrogen (secondary N) is 1. The van der Waals surface area contributed by atoms with E-state index in [0.29, 0.717) is 31.1 Å². The SMILES string of the molecule is CCc1ccc(Cn2nnc3c(=O)[nH]c(C4CCN(C(=O)c5cc(C)ccc5C)CC4)nc32)cc1. The number of carbonyl (C=O) groups is 1. The molecule has 0 aliphatic carbocycles. The molecule has 1 saturated heterocycles. The van der Waals surface area contributed by atoms with Crippen LogP contribution >= 0.6 is 0 Å². The predicted molar refractivity (Wildman–Crippen MR) is 135 cm³/mol. The number of amides is 1. The Hall–Kier alpha value is -3.81. The zero-order valence-corrected chi connectivity index (χ0v) is 20.4. The minimum atomic E-state index is -0.272. The van der Waals surface area contributed by atoms with Crippen molar-refractivity contribution in [2.75, 3.05) is 13.1 Å². The number of H-pyrrole nitrogens is 1. The normalized spacial score (nSPS) is 14.5. The molecule has 0 saturated carbocycles. The van der Waals surface area contributed by atoms with E-state index in [0.717, 1.165) is 41.5 Å². The maximum Gasteiger partial charge on any atom is 0.281 e. The van der Waals surface area contributed by atoms with Crippen molar-refractivity contribution < 1.29 is 4.79 Å². The molecule has 1 N–H and O–H groups in total. The van der Waals surface area contributed by atoms with Crippen LogP contribution in [0.5, 0.6) is 0 Å². The van der Waals surface area contributed by atoms with Crippen molar-refractivity contribution in [2.45, 2.75) is 52.5 Å². The van der Waals surface area contributed by atoms with Gasteiger partial charge in [-0.05, 0) is 55.9 Å². The minimum absolute atomic E-state index is 0.0675. The molecular weight excluding hydrogens is 440 g/mol. The smallest absolute Gasteiger partial charge is 0.281 e. The Morgan fingerprint density at radius 1 is 1.06 bits per heavy atom. The first-order chi connectivity index (χ1) is 16.9. The predicted octanol–water partition coefficient (Wildman–Crippen LogP) is 3.76. The molecule has 0 radical (unpaired) electrons. The summed E-state index contributed by atoms with van der Waals surface area (Å²) in [6.45, 7) is 7.85. The zero-order valence-electron chi connectivity index (χ0n) is 20.4. The van der Waals surface area contributed by atoms with E-state index >= 15 is 0 Å². The molecule has 1 amide bonds. The van der Waals surface area contributed by atoms with Gasteiger partial charge in [0.05, 0.1) is 6.54 Å². The molecule has 2 aromatic carbocycles. The number of hydrogen-bond donors (Lipinski definition) is 1. The molecule has 35 heavy (non-hydrogen) atoms. The van der Waals surface area contributed by atoms with Gasteiger partial charge in [0.2, 0.25) is 0 Å². The lowest BCUT2D eigenvalue weighted by Gasteiger charge is -2.32. The molecule has 8 nitrogen and oxygen atoms in total. The molecule has 1 aliphatic rings. The Morgan fingerprint density at radius 2 is 1.77 bits per heavy atom. The van der Waals surface area contributed by atoms with Crippen LogP contribution in [0.2, 0.25) is 0 Å². The molecule has 3 heterocycles. The summed E-state index contributed by atoms with van der Waals surface area (Å²) in [5.74, 6) is 0.783. The second-order valence-corrected chi connectivity index (χ2v) is 9.43. The van der Waals surface area contributed by atoms with E-state index in [1.807, 2.05) is 36.9 Å². The maximum atomic E-state index is 13.1. The van der Waals surface area contributed by atoms with Gasteiger partial charge in [0.15, 0.2) is 11.2 Å². The van der Waals surface area contributed by atoms with Gasteiger partial charge in [-0.1, -0.05) is 54.1 Å². The summed E-state index contributed by atoms with van der Waals surface area (Å²) >= 11 is 0. The van der Waals surface area contributed by atoms with Gasteiger partial charge in [-0.3, -0.25) is 9.59 Å². The molecule has 0 atom stereocenters. The summed E-state index contributed by atoms with van der Waals surface area (Å²) in [4.78, 5) is 35.4. The van der Waals surface area contributed by atoms with Gasteiger partial charge >= 0.3 is 0 Å². The van der Waals surface area contributed by atoms with Crippen molar-refractivity contribution in [1.82, 2.24) is 29.9 Å². The van der Waals surface area contributed by atoms with E-state index in [1.54, 1.807) is 4.68 Å². The Kier molecular flexibility index (Phi) is 6.19. The summed E-state index contributed by atoms with van der Waals surface area (Å²) in [5.41, 5.74) is 5.66. The molecule has 1 aliphatic heterocycles. The number of likely N-dealkylation sites (tertiary alicyclic amines) is 1. The summed E-state index contributed by atoms with van der Waals surface area (Å²) in [7, 11) is 0. The van der Waals surface area contributed by atoms with Gasteiger partial charge in [0.25, 0.3) is 11.5 Å². The molecule has 8 heteroatoms. The first kappa shape index (κ1) is 23.0. The highest BCUT2D eigenvalue weighted by Gasteiger charge is 2.27. The number of aromatic amines is 1. The number of nitrogens with zero attached hydrogens (tertiary/aromatic N) is 5. The van der Waals surface area contributed by atoms with Gasteiger partial charge in [0, 0.05) is 24.6 Å². The average Bonchev–Trinajstić information content (AvgIpc) is 3.28. The van der Waals surface area contributed by atoms with Gasteiger partial charge in [-0.2, -0.15) is 0 Å². The van der Waals surface area contributed by atoms with Crippen molar-refractivity contribution in [3.05, 3.63) is 86.5 Å². The second-order valence-electron chi connectivity index (χ2n) is 9.43. The minimum Gasteiger partial charge on any atom is -0.339 e. The third-order valence-electron chi connectivity index (χ3n) is 6.95. The number of carbonyl (C=O) groups excluding carboxylic acids is 1. The van der Waals surface area contributed by atoms with E-state index in [9.17, 15) is 9.59 Å². The van der Waals surface area contributed by atoms with Gasteiger partial charge in [-0.15, -0.1) is 5.10 Å². The molecule has 0 spiro atoms. The lowest BCUT2D eigenvalue weighted by molar-refractivity contribution is 0.0710. The number of aryl methyl sites for hydroxylation is 3. The fraction of sp³-hybridized carbons (Fsp3) is 0.370. The first-order valence-corrected chi connectivity index (χ1v) is 12.2. The van der Waals surface area contributed by atoms with Crippen LogP contribution in [0.3, 0.4) is 0 Å². The van der Waals surface area contributed by atoms with E-state index in [1.165, 1.54) is 5.56 Å². The fourth-order valence-corrected chi connectivity index (χ4v) is 4.73. The van der Waals surface area contributed by atoms with E-state index in [-0.39, 0.29) is 22.9 Å². The largest absolute Gasteiger partial charge is 0.339 e. The highest BCUT2D eigenvalue weighted by Crippen LogP contribution is 2.27. The van der Waals surface area contributed by atoms with Crippen molar-refractivity contribution in [3.63, 3.8) is 0 Å². The van der Waals surface area contributed by atoms with Crippen molar-refractivity contribution in [1.29, 1.82) is 0 Å². The van der Waals surface area contributed by atoms with Crippen molar-refractivity contribution in [3.8, 4) is 0 Å². The number of aromatic nitrogens is 5. The quantitative estimate of drug-likeness (QED) is 0.479. The van der Waals surface area contributed by atoms with Crippen molar-refractivity contribution >= 4 is 17.1 Å². The van der Waals surface area contributed by atoms with Crippen molar-refractivity contribution in [2.24, 2.45) is 0 Å². The number of piperidine rings is 1. The number of benzene rings is 2. The van der Waals surface area contributed by atoms with Crippen LogP contribution in [-0.4, -0.2) is 48.9 Å². The molecule has 1 fully saturated rings. The van der Waals surface area contributed by atoms with Crippen LogP contribution in [0.4, 0.5) is 0 Å². The van der Waals surface area contributed by atoms with Gasteiger partial charge in [0.1, 0.15) is 5.82 Å². The average molecular weight is 471 g/mol. The second kappa shape index (κ2) is 9.44. The molecular formula is C27H30N6O2. The van der Waals surface area contributed by atoms with Crippen LogP contribution in [-0.2, 0) is 13.0 Å². The van der Waals surface area contributed by atoms with E-state index in [2.05, 4.69) is 46.5 Å². The van der Waals surface area contributed by atoms with Crippen LogP contribution in [0.25, 0.3) is 11.2 Å². The lowest BCUT2D eigenvalue weighted by Crippen LogP contribution is -2.38. The molecule has 2 aromatic heterocycles. The van der Waals surface area contributed by atoms with E-state index < -0.39 is 0 Å². The first-order valence-electron chi connectivity index (χ1n) is 12.2. The molecule has 4 aromatic rings. The monoisotopic (exact) mass is 470 g/mol. The Labute approximate surface area is 204 Å². The van der Waals surface area contributed by atoms with Gasteiger partial charge in [-0.25, -0.2) is 9.67 Å².